The Hall–Kier alpha value is -2.78. The Kier molecular flexibility index (Phi) is 8.57. The number of halogens is 2. The number of benzene rings is 2. The Balaban J connectivity index is 1.68. The largest absolute Gasteiger partial charge is 0.497 e. The molecular weight excluding hydrogens is 467 g/mol. The van der Waals surface area contributed by atoms with Crippen LogP contribution in [0.4, 0.5) is 10.1 Å². The van der Waals surface area contributed by atoms with Crippen LogP contribution < -0.4 is 14.8 Å². The molecular formula is C23H26ClFN4O3S. The highest BCUT2D eigenvalue weighted by Crippen LogP contribution is 2.27. The van der Waals surface area contributed by atoms with E-state index in [1.807, 2.05) is 35.8 Å². The fraction of sp³-hybridized carbons (Fsp3) is 0.348. The number of carbonyl (C=O) groups is 1. The molecule has 1 amide bonds. The van der Waals surface area contributed by atoms with Gasteiger partial charge < -0.3 is 19.4 Å². The summed E-state index contributed by atoms with van der Waals surface area (Å²) < 4.78 is 26.5. The quantitative estimate of drug-likeness (QED) is 0.371. The molecule has 1 aromatic heterocycles. The van der Waals surface area contributed by atoms with Gasteiger partial charge in [0.2, 0.25) is 5.91 Å². The predicted octanol–water partition coefficient (Wildman–Crippen LogP) is 5.61. The average Bonchev–Trinajstić information content (AvgIpc) is 3.17. The zero-order valence-electron chi connectivity index (χ0n) is 18.8. The van der Waals surface area contributed by atoms with Crippen LogP contribution in [0.1, 0.15) is 32.7 Å². The van der Waals surface area contributed by atoms with E-state index in [1.54, 1.807) is 7.11 Å². The second-order valence-corrected chi connectivity index (χ2v) is 9.10. The van der Waals surface area contributed by atoms with Crippen LogP contribution in [0.2, 0.25) is 5.02 Å². The molecule has 0 saturated heterocycles. The van der Waals surface area contributed by atoms with Gasteiger partial charge in [0.25, 0.3) is 0 Å². The first kappa shape index (κ1) is 24.9. The Labute approximate surface area is 201 Å². The first-order valence-corrected chi connectivity index (χ1v) is 11.7. The topological polar surface area (TPSA) is 78.3 Å². The highest BCUT2D eigenvalue weighted by molar-refractivity contribution is 7.99. The first-order chi connectivity index (χ1) is 15.8. The summed E-state index contributed by atoms with van der Waals surface area (Å²) in [5.74, 6) is 1.76. The smallest absolute Gasteiger partial charge is 0.234 e. The van der Waals surface area contributed by atoms with E-state index in [0.717, 1.165) is 5.75 Å². The number of ether oxygens (including phenoxy) is 2. The molecule has 1 unspecified atom stereocenters. The maximum absolute atomic E-state index is 13.3. The number of nitrogens with zero attached hydrogens (tertiary/aromatic N) is 3. The number of hydrogen-bond acceptors (Lipinski definition) is 6. The van der Waals surface area contributed by atoms with Crippen LogP contribution in [0.3, 0.4) is 0 Å². The van der Waals surface area contributed by atoms with Crippen molar-refractivity contribution in [3.63, 3.8) is 0 Å². The van der Waals surface area contributed by atoms with Crippen molar-refractivity contribution in [3.8, 4) is 11.5 Å². The van der Waals surface area contributed by atoms with Gasteiger partial charge in [0, 0.05) is 12.2 Å². The Morgan fingerprint density at radius 2 is 1.85 bits per heavy atom. The van der Waals surface area contributed by atoms with Crippen molar-refractivity contribution in [1.82, 2.24) is 14.8 Å². The summed E-state index contributed by atoms with van der Waals surface area (Å²) in [5, 5.41) is 11.9. The van der Waals surface area contributed by atoms with Crippen LogP contribution in [-0.2, 0) is 11.3 Å². The lowest BCUT2D eigenvalue weighted by Gasteiger charge is -2.18. The highest BCUT2D eigenvalue weighted by Gasteiger charge is 2.21. The lowest BCUT2D eigenvalue weighted by molar-refractivity contribution is -0.113. The molecule has 1 N–H and O–H groups in total. The van der Waals surface area contributed by atoms with Crippen LogP contribution in [0.15, 0.2) is 47.6 Å². The van der Waals surface area contributed by atoms with Gasteiger partial charge >= 0.3 is 0 Å². The van der Waals surface area contributed by atoms with Gasteiger partial charge in [0.05, 0.1) is 17.9 Å². The fourth-order valence-electron chi connectivity index (χ4n) is 3.06. The van der Waals surface area contributed by atoms with Crippen molar-refractivity contribution in [2.45, 2.75) is 38.6 Å². The molecule has 0 aliphatic carbocycles. The number of methoxy groups -OCH3 is 1. The SMILES string of the molecule is COc1ccc(OC(C)c2nnc(SCC(=O)Nc3ccc(F)c(Cl)c3)n2CC(C)C)cc1. The lowest BCUT2D eigenvalue weighted by Crippen LogP contribution is -2.17. The third-order valence-corrected chi connectivity index (χ3v) is 5.82. The summed E-state index contributed by atoms with van der Waals surface area (Å²) in [6, 6.07) is 11.4. The van der Waals surface area contributed by atoms with Crippen LogP contribution >= 0.6 is 23.4 Å². The van der Waals surface area contributed by atoms with Crippen molar-refractivity contribution >= 4 is 35.0 Å². The van der Waals surface area contributed by atoms with Crippen molar-refractivity contribution in [2.75, 3.05) is 18.2 Å². The van der Waals surface area contributed by atoms with Crippen LogP contribution in [0, 0.1) is 11.7 Å². The van der Waals surface area contributed by atoms with Crippen molar-refractivity contribution in [2.24, 2.45) is 5.92 Å². The second-order valence-electron chi connectivity index (χ2n) is 7.75. The van der Waals surface area contributed by atoms with E-state index < -0.39 is 5.82 Å². The maximum atomic E-state index is 13.3. The number of thioether (sulfide) groups is 1. The zero-order chi connectivity index (χ0) is 24.0. The molecule has 33 heavy (non-hydrogen) atoms. The number of carbonyl (C=O) groups excluding carboxylic acids is 1. The minimum absolute atomic E-state index is 0.0485. The zero-order valence-corrected chi connectivity index (χ0v) is 20.4. The summed E-state index contributed by atoms with van der Waals surface area (Å²) >= 11 is 7.05. The predicted molar refractivity (Wildman–Crippen MR) is 128 cm³/mol. The van der Waals surface area contributed by atoms with Crippen molar-refractivity contribution in [3.05, 3.63) is 59.1 Å². The molecule has 1 atom stereocenters. The Morgan fingerprint density at radius 1 is 1.15 bits per heavy atom. The number of hydrogen-bond donors (Lipinski definition) is 1. The summed E-state index contributed by atoms with van der Waals surface area (Å²) in [6.45, 7) is 6.77. The molecule has 0 aliphatic rings. The number of nitrogens with one attached hydrogen (secondary N) is 1. The molecule has 0 radical (unpaired) electrons. The molecule has 0 aliphatic heterocycles. The first-order valence-electron chi connectivity index (χ1n) is 10.4. The number of aromatic nitrogens is 3. The van der Waals surface area contributed by atoms with E-state index >= 15 is 0 Å². The minimum atomic E-state index is -0.538. The lowest BCUT2D eigenvalue weighted by atomic mass is 10.2. The Morgan fingerprint density at radius 3 is 2.48 bits per heavy atom. The molecule has 1 heterocycles. The normalized spacial score (nSPS) is 12.0. The summed E-state index contributed by atoms with van der Waals surface area (Å²) in [7, 11) is 1.61. The van der Waals surface area contributed by atoms with Gasteiger partial charge in [0.1, 0.15) is 17.3 Å². The van der Waals surface area contributed by atoms with Crippen molar-refractivity contribution < 1.29 is 18.7 Å². The second kappa shape index (κ2) is 11.4. The minimum Gasteiger partial charge on any atom is -0.497 e. The molecule has 2 aromatic carbocycles. The van der Waals surface area contributed by atoms with E-state index in [9.17, 15) is 9.18 Å². The van der Waals surface area contributed by atoms with E-state index in [-0.39, 0.29) is 22.8 Å². The molecule has 0 fully saturated rings. The average molecular weight is 493 g/mol. The number of rotatable bonds is 10. The van der Waals surface area contributed by atoms with Gasteiger partial charge in [-0.3, -0.25) is 4.79 Å². The molecule has 0 saturated carbocycles. The standard InChI is InChI=1S/C23H26ClFN4O3S/c1-14(2)12-29-22(15(3)32-18-8-6-17(31-4)7-9-18)27-28-23(29)33-13-21(30)26-16-5-10-20(25)19(24)11-16/h5-11,14-15H,12-13H2,1-4H3,(H,26,30). The number of anilines is 1. The van der Waals surface area contributed by atoms with Gasteiger partial charge in [-0.15, -0.1) is 10.2 Å². The van der Waals surface area contributed by atoms with Gasteiger partial charge in [-0.05, 0) is 55.3 Å². The third kappa shape index (κ3) is 6.85. The van der Waals surface area contributed by atoms with E-state index in [4.69, 9.17) is 21.1 Å². The fourth-order valence-corrected chi connectivity index (χ4v) is 3.99. The van der Waals surface area contributed by atoms with E-state index in [0.29, 0.717) is 34.9 Å². The third-order valence-electron chi connectivity index (χ3n) is 4.56. The highest BCUT2D eigenvalue weighted by atomic mass is 35.5. The molecule has 0 bridgehead atoms. The van der Waals surface area contributed by atoms with Crippen LogP contribution in [0.5, 0.6) is 11.5 Å². The Bertz CT molecular complexity index is 1090. The van der Waals surface area contributed by atoms with E-state index in [1.165, 1.54) is 30.0 Å². The van der Waals surface area contributed by atoms with Gasteiger partial charge in [-0.2, -0.15) is 0 Å². The maximum Gasteiger partial charge on any atom is 0.234 e. The van der Waals surface area contributed by atoms with Gasteiger partial charge in [0.15, 0.2) is 17.1 Å². The van der Waals surface area contributed by atoms with E-state index in [2.05, 4.69) is 29.4 Å². The van der Waals surface area contributed by atoms with Crippen molar-refractivity contribution in [1.29, 1.82) is 0 Å². The molecule has 10 heteroatoms. The number of amides is 1. The summed E-state index contributed by atoms with van der Waals surface area (Å²) in [6.07, 6.45) is -0.353. The molecule has 7 nitrogen and oxygen atoms in total. The summed E-state index contributed by atoms with van der Waals surface area (Å²) in [5.41, 5.74) is 0.429. The molecule has 3 rings (SSSR count). The monoisotopic (exact) mass is 492 g/mol. The van der Waals surface area contributed by atoms with Gasteiger partial charge in [-0.1, -0.05) is 37.2 Å². The van der Waals surface area contributed by atoms with Gasteiger partial charge in [-0.25, -0.2) is 4.39 Å². The molecule has 176 valence electrons. The van der Waals surface area contributed by atoms with Crippen LogP contribution in [0.25, 0.3) is 0 Å². The van der Waals surface area contributed by atoms with Crippen LogP contribution in [-0.4, -0.2) is 33.5 Å². The summed E-state index contributed by atoms with van der Waals surface area (Å²) in [4.78, 5) is 12.4. The molecule has 3 aromatic rings. The molecule has 0 spiro atoms.